The van der Waals surface area contributed by atoms with Crippen molar-refractivity contribution >= 4 is 5.96 Å². The summed E-state index contributed by atoms with van der Waals surface area (Å²) in [7, 11) is 1.82. The summed E-state index contributed by atoms with van der Waals surface area (Å²) in [5.41, 5.74) is 2.29. The normalized spacial score (nSPS) is 19.0. The molecular formula is C16H20N4O. The molecule has 5 nitrogen and oxygen atoms in total. The van der Waals surface area contributed by atoms with E-state index in [4.69, 9.17) is 4.52 Å². The second kappa shape index (κ2) is 6.43. The smallest absolute Gasteiger partial charge is 0.193 e. The van der Waals surface area contributed by atoms with E-state index in [1.807, 2.05) is 13.1 Å². The minimum atomic E-state index is 0.580. The van der Waals surface area contributed by atoms with E-state index in [2.05, 4.69) is 50.7 Å². The van der Waals surface area contributed by atoms with Crippen molar-refractivity contribution in [1.29, 1.82) is 0 Å². The lowest BCUT2D eigenvalue weighted by molar-refractivity contribution is 0.409. The molecule has 2 heterocycles. The molecule has 3 rings (SSSR count). The van der Waals surface area contributed by atoms with Gasteiger partial charge in [-0.3, -0.25) is 4.99 Å². The predicted octanol–water partition coefficient (Wildman–Crippen LogP) is 2.24. The van der Waals surface area contributed by atoms with Gasteiger partial charge in [-0.25, -0.2) is 0 Å². The first-order valence-electron chi connectivity index (χ1n) is 7.26. The lowest BCUT2D eigenvalue weighted by Gasteiger charge is -2.21. The summed E-state index contributed by atoms with van der Waals surface area (Å²) in [6.45, 7) is 2.66. The van der Waals surface area contributed by atoms with E-state index in [0.717, 1.165) is 31.2 Å². The molecule has 2 aromatic rings. The molecule has 1 N–H and O–H groups in total. The molecule has 1 atom stereocenters. The van der Waals surface area contributed by atoms with E-state index in [-0.39, 0.29) is 0 Å². The molecule has 0 spiro atoms. The number of benzene rings is 1. The van der Waals surface area contributed by atoms with Gasteiger partial charge in [0.2, 0.25) is 0 Å². The molecule has 0 radical (unpaired) electrons. The first kappa shape index (κ1) is 13.7. The van der Waals surface area contributed by atoms with Crippen LogP contribution >= 0.6 is 0 Å². The van der Waals surface area contributed by atoms with Gasteiger partial charge in [0.25, 0.3) is 0 Å². The van der Waals surface area contributed by atoms with Crippen LogP contribution < -0.4 is 5.32 Å². The Morgan fingerprint density at radius 1 is 1.38 bits per heavy atom. The molecule has 1 aromatic carbocycles. The van der Waals surface area contributed by atoms with Crippen LogP contribution in [-0.4, -0.2) is 36.2 Å². The monoisotopic (exact) mass is 284 g/mol. The summed E-state index contributed by atoms with van der Waals surface area (Å²) in [6, 6.07) is 12.6. The Hall–Kier alpha value is -2.30. The zero-order valence-electron chi connectivity index (χ0n) is 12.2. The van der Waals surface area contributed by atoms with Gasteiger partial charge in [0, 0.05) is 32.1 Å². The van der Waals surface area contributed by atoms with Gasteiger partial charge in [0.1, 0.15) is 12.0 Å². The number of hydrogen-bond acceptors (Lipinski definition) is 3. The number of nitrogens with zero attached hydrogens (tertiary/aromatic N) is 3. The van der Waals surface area contributed by atoms with Crippen LogP contribution in [0.4, 0.5) is 0 Å². The van der Waals surface area contributed by atoms with Crippen molar-refractivity contribution in [2.75, 3.05) is 20.1 Å². The van der Waals surface area contributed by atoms with Crippen molar-refractivity contribution in [3.8, 4) is 0 Å². The fourth-order valence-corrected chi connectivity index (χ4v) is 2.78. The standard InChI is InChI=1S/C16H20N4O/c1-17-16(18-11-15-8-10-21-19-15)20-9-7-14(12-20)13-5-3-2-4-6-13/h2-6,8,10,14H,7,9,11-12H2,1H3,(H,17,18). The zero-order valence-corrected chi connectivity index (χ0v) is 12.2. The Bertz CT molecular complexity index is 580. The number of nitrogens with one attached hydrogen (secondary N) is 1. The van der Waals surface area contributed by atoms with Crippen molar-refractivity contribution in [3.63, 3.8) is 0 Å². The maximum absolute atomic E-state index is 4.84. The SMILES string of the molecule is CN=C(NCc1ccon1)N1CCC(c2ccccc2)C1. The lowest BCUT2D eigenvalue weighted by Crippen LogP contribution is -2.39. The van der Waals surface area contributed by atoms with Gasteiger partial charge < -0.3 is 14.7 Å². The largest absolute Gasteiger partial charge is 0.364 e. The molecule has 1 unspecified atom stereocenters. The summed E-state index contributed by atoms with van der Waals surface area (Å²) >= 11 is 0. The number of likely N-dealkylation sites (tertiary alicyclic amines) is 1. The second-order valence-corrected chi connectivity index (χ2v) is 5.23. The molecule has 0 aliphatic carbocycles. The average molecular weight is 284 g/mol. The van der Waals surface area contributed by atoms with Gasteiger partial charge in [0.15, 0.2) is 5.96 Å². The molecule has 5 heteroatoms. The Morgan fingerprint density at radius 2 is 2.24 bits per heavy atom. The van der Waals surface area contributed by atoms with Crippen LogP contribution in [0.2, 0.25) is 0 Å². The number of aromatic nitrogens is 1. The molecule has 21 heavy (non-hydrogen) atoms. The summed E-state index contributed by atoms with van der Waals surface area (Å²) in [4.78, 5) is 6.67. The molecule has 110 valence electrons. The summed E-state index contributed by atoms with van der Waals surface area (Å²) in [6.07, 6.45) is 2.75. The summed E-state index contributed by atoms with van der Waals surface area (Å²) in [5.74, 6) is 1.51. The van der Waals surface area contributed by atoms with Crippen molar-refractivity contribution in [2.24, 2.45) is 4.99 Å². The van der Waals surface area contributed by atoms with Gasteiger partial charge in [-0.1, -0.05) is 35.5 Å². The molecule has 0 bridgehead atoms. The first-order chi connectivity index (χ1) is 10.4. The zero-order chi connectivity index (χ0) is 14.5. The fourth-order valence-electron chi connectivity index (χ4n) is 2.78. The van der Waals surface area contributed by atoms with Crippen LogP contribution in [0.1, 0.15) is 23.6 Å². The second-order valence-electron chi connectivity index (χ2n) is 5.23. The molecular weight excluding hydrogens is 264 g/mol. The lowest BCUT2D eigenvalue weighted by atomic mass is 9.99. The van der Waals surface area contributed by atoms with E-state index in [0.29, 0.717) is 12.5 Å². The predicted molar refractivity (Wildman–Crippen MR) is 82.1 cm³/mol. The van der Waals surface area contributed by atoms with E-state index in [1.165, 1.54) is 5.56 Å². The third kappa shape index (κ3) is 3.24. The molecule has 1 aliphatic heterocycles. The van der Waals surface area contributed by atoms with Gasteiger partial charge in [0.05, 0.1) is 6.54 Å². The Balaban J connectivity index is 1.59. The number of hydrogen-bond donors (Lipinski definition) is 1. The van der Waals surface area contributed by atoms with Crippen LogP contribution in [0.3, 0.4) is 0 Å². The minimum absolute atomic E-state index is 0.580. The highest BCUT2D eigenvalue weighted by atomic mass is 16.5. The van der Waals surface area contributed by atoms with Crippen molar-refractivity contribution < 1.29 is 4.52 Å². The molecule has 1 aromatic heterocycles. The van der Waals surface area contributed by atoms with E-state index in [1.54, 1.807) is 6.26 Å². The molecule has 1 saturated heterocycles. The number of rotatable bonds is 3. The molecule has 1 aliphatic rings. The topological polar surface area (TPSA) is 53.7 Å². The summed E-state index contributed by atoms with van der Waals surface area (Å²) < 4.78 is 4.84. The molecule has 0 amide bonds. The van der Waals surface area contributed by atoms with Crippen LogP contribution in [0.15, 0.2) is 52.2 Å². The first-order valence-corrected chi connectivity index (χ1v) is 7.26. The van der Waals surface area contributed by atoms with E-state index < -0.39 is 0 Å². The van der Waals surface area contributed by atoms with Gasteiger partial charge in [-0.2, -0.15) is 0 Å². The van der Waals surface area contributed by atoms with Crippen molar-refractivity contribution in [2.45, 2.75) is 18.9 Å². The van der Waals surface area contributed by atoms with Gasteiger partial charge in [-0.15, -0.1) is 0 Å². The third-order valence-electron chi connectivity index (χ3n) is 3.89. The Labute approximate surface area is 124 Å². The Morgan fingerprint density at radius 3 is 2.95 bits per heavy atom. The van der Waals surface area contributed by atoms with Crippen LogP contribution in [0.25, 0.3) is 0 Å². The van der Waals surface area contributed by atoms with E-state index in [9.17, 15) is 0 Å². The van der Waals surface area contributed by atoms with E-state index >= 15 is 0 Å². The maximum atomic E-state index is 4.84. The third-order valence-corrected chi connectivity index (χ3v) is 3.89. The van der Waals surface area contributed by atoms with Crippen LogP contribution in [-0.2, 0) is 6.54 Å². The van der Waals surface area contributed by atoms with Crippen LogP contribution in [0.5, 0.6) is 0 Å². The van der Waals surface area contributed by atoms with Crippen molar-refractivity contribution in [1.82, 2.24) is 15.4 Å². The quantitative estimate of drug-likeness (QED) is 0.694. The molecule has 0 saturated carbocycles. The minimum Gasteiger partial charge on any atom is -0.364 e. The highest BCUT2D eigenvalue weighted by molar-refractivity contribution is 5.80. The molecule has 1 fully saturated rings. The number of guanidine groups is 1. The van der Waals surface area contributed by atoms with Gasteiger partial charge >= 0.3 is 0 Å². The Kier molecular flexibility index (Phi) is 4.19. The van der Waals surface area contributed by atoms with Crippen molar-refractivity contribution in [3.05, 3.63) is 53.9 Å². The number of aliphatic imine (C=N–C) groups is 1. The fraction of sp³-hybridized carbons (Fsp3) is 0.375. The van der Waals surface area contributed by atoms with Crippen LogP contribution in [0, 0.1) is 0 Å². The highest BCUT2D eigenvalue weighted by Gasteiger charge is 2.25. The summed E-state index contributed by atoms with van der Waals surface area (Å²) in [5, 5.41) is 7.24. The average Bonchev–Trinajstić information content (AvgIpc) is 3.20. The van der Waals surface area contributed by atoms with Gasteiger partial charge in [-0.05, 0) is 12.0 Å². The maximum Gasteiger partial charge on any atom is 0.193 e. The highest BCUT2D eigenvalue weighted by Crippen LogP contribution is 2.26.